The second-order valence-corrected chi connectivity index (χ2v) is 4.74. The summed E-state index contributed by atoms with van der Waals surface area (Å²) < 4.78 is 14.2. The van der Waals surface area contributed by atoms with Crippen LogP contribution in [0.2, 0.25) is 0 Å². The molecule has 1 aromatic carbocycles. The number of hydrogen-bond acceptors (Lipinski definition) is 1. The summed E-state index contributed by atoms with van der Waals surface area (Å²) in [6.07, 6.45) is 4.04. The molecule has 3 heteroatoms. The molecule has 0 spiro atoms. The molecule has 1 N–H and O–H groups in total. The van der Waals surface area contributed by atoms with Gasteiger partial charge in [0, 0.05) is 0 Å². The van der Waals surface area contributed by atoms with Gasteiger partial charge in [-0.1, -0.05) is 30.3 Å². The second-order valence-electron chi connectivity index (χ2n) is 4.74. The van der Waals surface area contributed by atoms with Gasteiger partial charge in [0.05, 0.1) is 0 Å². The third kappa shape index (κ3) is 4.64. The molecule has 0 amide bonds. The summed E-state index contributed by atoms with van der Waals surface area (Å²) >= 11 is 0. The van der Waals surface area contributed by atoms with Gasteiger partial charge in [0.25, 0.3) is 0 Å². The Kier molecular flexibility index (Phi) is 5.93. The van der Waals surface area contributed by atoms with Crippen molar-refractivity contribution >= 4 is 12.4 Å². The van der Waals surface area contributed by atoms with E-state index in [1.165, 1.54) is 5.56 Å². The van der Waals surface area contributed by atoms with Crippen molar-refractivity contribution in [2.24, 2.45) is 0 Å². The minimum atomic E-state index is -0.903. The van der Waals surface area contributed by atoms with E-state index < -0.39 is 5.67 Å². The molecule has 0 bridgehead atoms. The molecular formula is C14H21ClFN. The average Bonchev–Trinajstić information content (AvgIpc) is 2.31. The van der Waals surface area contributed by atoms with E-state index >= 15 is 0 Å². The molecule has 0 atom stereocenters. The van der Waals surface area contributed by atoms with Crippen LogP contribution in [0.15, 0.2) is 30.3 Å². The normalized spacial score (nSPS) is 18.4. The highest BCUT2D eigenvalue weighted by Crippen LogP contribution is 2.29. The maximum absolute atomic E-state index is 14.2. The smallest absolute Gasteiger partial charge is 0.113 e. The molecule has 2 rings (SSSR count). The minimum absolute atomic E-state index is 0. The molecule has 17 heavy (non-hydrogen) atoms. The van der Waals surface area contributed by atoms with Gasteiger partial charge in [-0.2, -0.15) is 0 Å². The maximum Gasteiger partial charge on any atom is 0.113 e. The van der Waals surface area contributed by atoms with Crippen molar-refractivity contribution in [1.29, 1.82) is 0 Å². The lowest BCUT2D eigenvalue weighted by atomic mass is 9.88. The first-order valence-electron chi connectivity index (χ1n) is 6.22. The summed E-state index contributed by atoms with van der Waals surface area (Å²) in [5.41, 5.74) is 0.417. The van der Waals surface area contributed by atoms with Crippen molar-refractivity contribution in [1.82, 2.24) is 5.32 Å². The van der Waals surface area contributed by atoms with Gasteiger partial charge < -0.3 is 5.32 Å². The lowest BCUT2D eigenvalue weighted by Crippen LogP contribution is -2.38. The fourth-order valence-electron chi connectivity index (χ4n) is 2.38. The lowest BCUT2D eigenvalue weighted by Gasteiger charge is -2.30. The van der Waals surface area contributed by atoms with E-state index in [-0.39, 0.29) is 12.4 Å². The lowest BCUT2D eigenvalue weighted by molar-refractivity contribution is 0.102. The number of aryl methyl sites for hydroxylation is 1. The van der Waals surface area contributed by atoms with Gasteiger partial charge in [0.1, 0.15) is 5.67 Å². The van der Waals surface area contributed by atoms with Crippen LogP contribution in [0, 0.1) is 0 Å². The number of rotatable bonds is 4. The molecule has 0 unspecified atom stereocenters. The molecule has 1 aliphatic heterocycles. The zero-order valence-electron chi connectivity index (χ0n) is 10.1. The van der Waals surface area contributed by atoms with Crippen LogP contribution >= 0.6 is 12.4 Å². The van der Waals surface area contributed by atoms with Crippen LogP contribution in [-0.2, 0) is 6.42 Å². The van der Waals surface area contributed by atoms with Crippen LogP contribution in [0.25, 0.3) is 0 Å². The van der Waals surface area contributed by atoms with Gasteiger partial charge in [-0.15, -0.1) is 12.4 Å². The Morgan fingerprint density at radius 3 is 2.41 bits per heavy atom. The number of hydrogen-bond donors (Lipinski definition) is 1. The molecular weight excluding hydrogens is 237 g/mol. The van der Waals surface area contributed by atoms with Crippen LogP contribution in [0.1, 0.15) is 31.2 Å². The molecule has 1 aromatic rings. The molecule has 0 saturated carbocycles. The van der Waals surface area contributed by atoms with Crippen LogP contribution < -0.4 is 5.32 Å². The fraction of sp³-hybridized carbons (Fsp3) is 0.571. The predicted octanol–water partition coefficient (Wildman–Crippen LogP) is 3.52. The highest BCUT2D eigenvalue weighted by Gasteiger charge is 2.30. The van der Waals surface area contributed by atoms with Gasteiger partial charge in [0.2, 0.25) is 0 Å². The van der Waals surface area contributed by atoms with Crippen molar-refractivity contribution < 1.29 is 4.39 Å². The van der Waals surface area contributed by atoms with Crippen molar-refractivity contribution in [2.75, 3.05) is 13.1 Å². The van der Waals surface area contributed by atoms with Crippen molar-refractivity contribution in [3.8, 4) is 0 Å². The summed E-state index contributed by atoms with van der Waals surface area (Å²) in [5.74, 6) is 0. The van der Waals surface area contributed by atoms with E-state index in [1.54, 1.807) is 0 Å². The monoisotopic (exact) mass is 257 g/mol. The standard InChI is InChI=1S/C14H20FN.ClH/c15-14(9-11-16-12-10-14)8-4-7-13-5-2-1-3-6-13;/h1-3,5-6,16H,4,7-12H2;1H. The molecule has 1 saturated heterocycles. The molecule has 0 aromatic heterocycles. The highest BCUT2D eigenvalue weighted by molar-refractivity contribution is 5.85. The molecule has 1 nitrogen and oxygen atoms in total. The third-order valence-corrected chi connectivity index (χ3v) is 3.43. The molecule has 1 aliphatic rings. The number of halogens is 2. The largest absolute Gasteiger partial charge is 0.316 e. The Morgan fingerprint density at radius 1 is 1.12 bits per heavy atom. The van der Waals surface area contributed by atoms with Gasteiger partial charge in [-0.3, -0.25) is 0 Å². The Labute approximate surface area is 109 Å². The summed E-state index contributed by atoms with van der Waals surface area (Å²) in [4.78, 5) is 0. The van der Waals surface area contributed by atoms with Gasteiger partial charge >= 0.3 is 0 Å². The topological polar surface area (TPSA) is 12.0 Å². The van der Waals surface area contributed by atoms with E-state index in [0.717, 1.165) is 25.9 Å². The Balaban J connectivity index is 0.00000144. The summed E-state index contributed by atoms with van der Waals surface area (Å²) in [6, 6.07) is 10.4. The Hall–Kier alpha value is -0.600. The highest BCUT2D eigenvalue weighted by atomic mass is 35.5. The molecule has 0 aliphatic carbocycles. The van der Waals surface area contributed by atoms with Crippen molar-refractivity contribution in [3.63, 3.8) is 0 Å². The third-order valence-electron chi connectivity index (χ3n) is 3.43. The van der Waals surface area contributed by atoms with Crippen LogP contribution in [0.4, 0.5) is 4.39 Å². The van der Waals surface area contributed by atoms with Gasteiger partial charge in [-0.05, 0) is 50.8 Å². The van der Waals surface area contributed by atoms with Gasteiger partial charge in [0.15, 0.2) is 0 Å². The number of benzene rings is 1. The molecule has 1 heterocycles. The molecule has 1 fully saturated rings. The number of alkyl halides is 1. The van der Waals surface area contributed by atoms with Crippen molar-refractivity contribution in [2.45, 2.75) is 37.8 Å². The minimum Gasteiger partial charge on any atom is -0.316 e. The fourth-order valence-corrected chi connectivity index (χ4v) is 2.38. The van der Waals surface area contributed by atoms with E-state index in [9.17, 15) is 4.39 Å². The predicted molar refractivity (Wildman–Crippen MR) is 72.6 cm³/mol. The first-order chi connectivity index (χ1) is 7.79. The van der Waals surface area contributed by atoms with E-state index in [0.29, 0.717) is 19.3 Å². The van der Waals surface area contributed by atoms with Crippen LogP contribution in [-0.4, -0.2) is 18.8 Å². The molecule has 0 radical (unpaired) electrons. The van der Waals surface area contributed by atoms with Crippen molar-refractivity contribution in [3.05, 3.63) is 35.9 Å². The van der Waals surface area contributed by atoms with Gasteiger partial charge in [-0.25, -0.2) is 4.39 Å². The van der Waals surface area contributed by atoms with Crippen LogP contribution in [0.5, 0.6) is 0 Å². The second kappa shape index (κ2) is 6.97. The van der Waals surface area contributed by atoms with E-state index in [2.05, 4.69) is 17.4 Å². The number of piperidine rings is 1. The summed E-state index contributed by atoms with van der Waals surface area (Å²) in [6.45, 7) is 1.67. The van der Waals surface area contributed by atoms with Crippen LogP contribution in [0.3, 0.4) is 0 Å². The number of nitrogens with one attached hydrogen (secondary N) is 1. The first kappa shape index (κ1) is 14.5. The zero-order valence-corrected chi connectivity index (χ0v) is 10.9. The summed E-state index contributed by atoms with van der Waals surface area (Å²) in [5, 5.41) is 3.21. The molecule has 96 valence electrons. The average molecular weight is 258 g/mol. The Bertz CT molecular complexity index is 309. The quantitative estimate of drug-likeness (QED) is 0.870. The SMILES string of the molecule is Cl.FC1(CCCc2ccccc2)CCNCC1. The van der Waals surface area contributed by atoms with E-state index in [4.69, 9.17) is 0 Å². The maximum atomic E-state index is 14.2. The summed E-state index contributed by atoms with van der Waals surface area (Å²) in [7, 11) is 0. The zero-order chi connectivity index (χ0) is 11.3. The Morgan fingerprint density at radius 2 is 1.76 bits per heavy atom. The first-order valence-corrected chi connectivity index (χ1v) is 6.22. The van der Waals surface area contributed by atoms with E-state index in [1.807, 2.05) is 18.2 Å².